The fourth-order valence-corrected chi connectivity index (χ4v) is 16.9. The Hall–Kier alpha value is -3.30. The SMILES string of the molecule is CC(C)(C)[Si](O[C@@H]1CC(C(=O)O)C[C@H](O[Si](c2ccccc2)(c2ccccc2)C(C)(C)C)C1)(c1ccccc1)c1ccccc1. The zero-order valence-corrected chi connectivity index (χ0v) is 29.6. The van der Waals surface area contributed by atoms with E-state index in [1.165, 1.54) is 20.7 Å². The van der Waals surface area contributed by atoms with Gasteiger partial charge in [0.1, 0.15) is 0 Å². The number of rotatable bonds is 9. The van der Waals surface area contributed by atoms with Gasteiger partial charge in [0.2, 0.25) is 0 Å². The van der Waals surface area contributed by atoms with E-state index < -0.39 is 28.5 Å². The molecule has 1 aliphatic rings. The van der Waals surface area contributed by atoms with E-state index in [1.54, 1.807) is 0 Å². The molecule has 0 heterocycles. The Balaban J connectivity index is 1.61. The lowest BCUT2D eigenvalue weighted by molar-refractivity contribution is -0.145. The van der Waals surface area contributed by atoms with Crippen LogP contribution >= 0.6 is 0 Å². The molecule has 5 rings (SSSR count). The molecule has 6 heteroatoms. The lowest BCUT2D eigenvalue weighted by atomic mass is 9.85. The number of aliphatic carboxylic acids is 1. The minimum atomic E-state index is -2.89. The number of benzene rings is 4. The quantitative estimate of drug-likeness (QED) is 0.206. The smallest absolute Gasteiger partial charge is 0.306 e. The van der Waals surface area contributed by atoms with Gasteiger partial charge in [-0.15, -0.1) is 0 Å². The van der Waals surface area contributed by atoms with Crippen LogP contribution in [0.3, 0.4) is 0 Å². The number of carboxylic acid groups (broad SMARTS) is 1. The van der Waals surface area contributed by atoms with Crippen LogP contribution in [0.25, 0.3) is 0 Å². The van der Waals surface area contributed by atoms with Gasteiger partial charge in [-0.1, -0.05) is 163 Å². The first-order chi connectivity index (χ1) is 21.4. The molecule has 0 radical (unpaired) electrons. The Morgan fingerprint density at radius 3 is 1.02 bits per heavy atom. The van der Waals surface area contributed by atoms with Crippen molar-refractivity contribution in [3.63, 3.8) is 0 Å². The number of hydrogen-bond acceptors (Lipinski definition) is 3. The second kappa shape index (κ2) is 13.2. The molecule has 4 aromatic carbocycles. The van der Waals surface area contributed by atoms with Gasteiger partial charge in [0, 0.05) is 12.2 Å². The van der Waals surface area contributed by atoms with E-state index in [2.05, 4.69) is 139 Å². The molecular formula is C39H48O4Si2. The third kappa shape index (κ3) is 6.52. The van der Waals surface area contributed by atoms with Crippen molar-refractivity contribution in [2.45, 2.75) is 83.1 Å². The van der Waals surface area contributed by atoms with Gasteiger partial charge in [-0.3, -0.25) is 4.79 Å². The fourth-order valence-electron chi connectivity index (χ4n) is 7.49. The van der Waals surface area contributed by atoms with Gasteiger partial charge in [0.05, 0.1) is 5.92 Å². The van der Waals surface area contributed by atoms with E-state index in [4.69, 9.17) is 8.85 Å². The molecule has 0 saturated heterocycles. The normalized spacial score (nSPS) is 19.6. The maximum Gasteiger partial charge on any atom is 0.306 e. The van der Waals surface area contributed by atoms with Gasteiger partial charge in [-0.2, -0.15) is 0 Å². The first-order valence-corrected chi connectivity index (χ1v) is 20.0. The van der Waals surface area contributed by atoms with E-state index in [1.807, 2.05) is 24.3 Å². The summed E-state index contributed by atoms with van der Waals surface area (Å²) in [5, 5.41) is 14.9. The van der Waals surface area contributed by atoms with Crippen molar-refractivity contribution in [2.24, 2.45) is 5.92 Å². The molecule has 0 amide bonds. The molecule has 0 aliphatic heterocycles. The Morgan fingerprint density at radius 1 is 0.533 bits per heavy atom. The zero-order chi connectivity index (χ0) is 32.3. The average molecular weight is 637 g/mol. The van der Waals surface area contributed by atoms with Crippen molar-refractivity contribution < 1.29 is 18.8 Å². The lowest BCUT2D eigenvalue weighted by Crippen LogP contribution is -2.69. The summed E-state index contributed by atoms with van der Waals surface area (Å²) in [6.45, 7) is 13.6. The first kappa shape index (κ1) is 33.1. The molecule has 45 heavy (non-hydrogen) atoms. The molecule has 1 fully saturated rings. The van der Waals surface area contributed by atoms with Crippen molar-refractivity contribution in [3.05, 3.63) is 121 Å². The van der Waals surface area contributed by atoms with Crippen LogP contribution in [0.15, 0.2) is 121 Å². The summed E-state index contributed by atoms with van der Waals surface area (Å²) in [5.74, 6) is -1.33. The van der Waals surface area contributed by atoms with Gasteiger partial charge >= 0.3 is 5.97 Å². The third-order valence-corrected chi connectivity index (χ3v) is 19.7. The number of hydrogen-bond donors (Lipinski definition) is 1. The van der Waals surface area contributed by atoms with Crippen LogP contribution in [0.5, 0.6) is 0 Å². The maximum absolute atomic E-state index is 12.8. The summed E-state index contributed by atoms with van der Waals surface area (Å²) in [6.07, 6.45) is 1.06. The number of carboxylic acids is 1. The summed E-state index contributed by atoms with van der Waals surface area (Å²) in [4.78, 5) is 12.8. The molecule has 4 nitrogen and oxygen atoms in total. The number of carbonyl (C=O) groups is 1. The van der Waals surface area contributed by atoms with Crippen LogP contribution in [0.4, 0.5) is 0 Å². The third-order valence-electron chi connectivity index (χ3n) is 9.49. The molecule has 236 valence electrons. The molecule has 3 atom stereocenters. The summed E-state index contributed by atoms with van der Waals surface area (Å²) in [6, 6.07) is 42.4. The van der Waals surface area contributed by atoms with Crippen LogP contribution < -0.4 is 20.7 Å². The largest absolute Gasteiger partial charge is 0.481 e. The average Bonchev–Trinajstić information content (AvgIpc) is 3.03. The van der Waals surface area contributed by atoms with Crippen LogP contribution in [0.2, 0.25) is 10.1 Å². The predicted molar refractivity (Wildman–Crippen MR) is 190 cm³/mol. The highest BCUT2D eigenvalue weighted by Gasteiger charge is 2.55. The van der Waals surface area contributed by atoms with Crippen molar-refractivity contribution in [1.82, 2.24) is 0 Å². The van der Waals surface area contributed by atoms with Gasteiger partial charge in [0.25, 0.3) is 16.6 Å². The van der Waals surface area contributed by atoms with E-state index in [-0.39, 0.29) is 22.3 Å². The van der Waals surface area contributed by atoms with E-state index in [0.29, 0.717) is 19.3 Å². The van der Waals surface area contributed by atoms with Crippen molar-refractivity contribution in [1.29, 1.82) is 0 Å². The molecule has 1 saturated carbocycles. The zero-order valence-electron chi connectivity index (χ0n) is 27.6. The van der Waals surface area contributed by atoms with Crippen LogP contribution in [0.1, 0.15) is 60.8 Å². The highest BCUT2D eigenvalue weighted by atomic mass is 28.4. The van der Waals surface area contributed by atoms with Crippen molar-refractivity contribution in [2.75, 3.05) is 0 Å². The summed E-state index contributed by atoms with van der Waals surface area (Å²) < 4.78 is 15.1. The molecule has 4 aromatic rings. The Kier molecular flexibility index (Phi) is 9.71. The summed E-state index contributed by atoms with van der Waals surface area (Å²) >= 11 is 0. The Bertz CT molecular complexity index is 1340. The minimum Gasteiger partial charge on any atom is -0.481 e. The van der Waals surface area contributed by atoms with Gasteiger partial charge in [0.15, 0.2) is 0 Å². The molecule has 0 bridgehead atoms. The van der Waals surface area contributed by atoms with Gasteiger partial charge < -0.3 is 14.0 Å². The summed E-state index contributed by atoms with van der Waals surface area (Å²) in [7, 11) is -5.78. The second-order valence-electron chi connectivity index (χ2n) is 14.5. The highest BCUT2D eigenvalue weighted by molar-refractivity contribution is 7.00. The maximum atomic E-state index is 12.8. The van der Waals surface area contributed by atoms with E-state index in [0.717, 1.165) is 0 Å². The molecule has 1 aliphatic carbocycles. The van der Waals surface area contributed by atoms with Crippen molar-refractivity contribution >= 4 is 43.4 Å². The Morgan fingerprint density at radius 2 is 0.800 bits per heavy atom. The van der Waals surface area contributed by atoms with E-state index >= 15 is 0 Å². The van der Waals surface area contributed by atoms with Gasteiger partial charge in [-0.05, 0) is 50.1 Å². The van der Waals surface area contributed by atoms with Crippen molar-refractivity contribution in [3.8, 4) is 0 Å². The van der Waals surface area contributed by atoms with Crippen LogP contribution in [-0.2, 0) is 13.6 Å². The molecule has 0 spiro atoms. The standard InChI is InChI=1S/C39H48O4Si2/c1-38(2,3)44(33-19-11-7-12-20-33,34-21-13-8-14-22-34)42-31-27-30(37(40)41)28-32(29-31)43-45(39(4,5)6,35-23-15-9-16-24-35)36-25-17-10-18-26-36/h7-26,30-32H,27-29H2,1-6H3,(H,40,41)/t30?,31-,32+. The van der Waals surface area contributed by atoms with Crippen LogP contribution in [0, 0.1) is 5.92 Å². The van der Waals surface area contributed by atoms with Crippen LogP contribution in [-0.4, -0.2) is 39.9 Å². The minimum absolute atomic E-state index is 0.208. The Labute approximate surface area is 271 Å². The van der Waals surface area contributed by atoms with Gasteiger partial charge in [-0.25, -0.2) is 0 Å². The fraction of sp³-hybridized carbons (Fsp3) is 0.359. The predicted octanol–water partition coefficient (Wildman–Crippen LogP) is 6.76. The second-order valence-corrected chi connectivity index (χ2v) is 23.1. The first-order valence-electron chi connectivity index (χ1n) is 16.2. The molecule has 1 N–H and O–H groups in total. The highest BCUT2D eigenvalue weighted by Crippen LogP contribution is 2.43. The van der Waals surface area contributed by atoms with E-state index in [9.17, 15) is 9.90 Å². The molecule has 0 aromatic heterocycles. The topological polar surface area (TPSA) is 55.8 Å². The summed E-state index contributed by atoms with van der Waals surface area (Å²) in [5.41, 5.74) is 0. The molecule has 1 unspecified atom stereocenters. The monoisotopic (exact) mass is 636 g/mol. The molecular weight excluding hydrogens is 589 g/mol. The lowest BCUT2D eigenvalue weighted by Gasteiger charge is -2.49.